The number of rotatable bonds is 20. The number of methoxy groups -OCH3 is 1. The van der Waals surface area contributed by atoms with Gasteiger partial charge in [-0.15, -0.1) is 0 Å². The number of hydrogen-bond acceptors (Lipinski definition) is 10. The first-order chi connectivity index (χ1) is 14.5. The van der Waals surface area contributed by atoms with E-state index in [0.29, 0.717) is 19.4 Å². The van der Waals surface area contributed by atoms with Crippen LogP contribution in [-0.4, -0.2) is 99.4 Å². The third kappa shape index (κ3) is 14.6. The number of aliphatic hydroxyl groups is 3. The van der Waals surface area contributed by atoms with Crippen LogP contribution in [0.3, 0.4) is 0 Å². The standard InChI is InChI=1S/C19H38N2O9/c1-4-15(11-22)29-19(13-24)27-14-16(12-23)30-18(26-3)10-21-28-9-7-5-6-8-17(25)20-2/h10,15-16,18-19,22-24H,4-9,11-14H2,1-3H3,(H,20,25)/b21-10+. The number of hydrogen-bond donors (Lipinski definition) is 4. The van der Waals surface area contributed by atoms with Crippen LogP contribution >= 0.6 is 0 Å². The first kappa shape index (κ1) is 28.7. The van der Waals surface area contributed by atoms with E-state index in [4.69, 9.17) is 28.9 Å². The number of ether oxygens (including phenoxy) is 4. The summed E-state index contributed by atoms with van der Waals surface area (Å²) in [5, 5.41) is 34.3. The second-order valence-corrected chi connectivity index (χ2v) is 6.41. The number of aliphatic hydroxyl groups excluding tert-OH is 3. The van der Waals surface area contributed by atoms with Crippen LogP contribution in [0, 0.1) is 0 Å². The van der Waals surface area contributed by atoms with Crippen molar-refractivity contribution in [2.75, 3.05) is 47.2 Å². The predicted octanol–water partition coefficient (Wildman–Crippen LogP) is -0.232. The highest BCUT2D eigenvalue weighted by Gasteiger charge is 2.19. The fourth-order valence-corrected chi connectivity index (χ4v) is 2.21. The topological polar surface area (TPSA) is 148 Å². The molecule has 0 bridgehead atoms. The van der Waals surface area contributed by atoms with Crippen molar-refractivity contribution in [1.29, 1.82) is 0 Å². The molecule has 0 heterocycles. The van der Waals surface area contributed by atoms with Crippen molar-refractivity contribution >= 4 is 12.1 Å². The molecule has 11 heteroatoms. The van der Waals surface area contributed by atoms with Gasteiger partial charge in [-0.1, -0.05) is 12.1 Å². The average molecular weight is 439 g/mol. The molecule has 0 aromatic heterocycles. The van der Waals surface area contributed by atoms with Crippen molar-refractivity contribution in [2.45, 2.75) is 63.8 Å². The molecular weight excluding hydrogens is 400 g/mol. The highest BCUT2D eigenvalue weighted by molar-refractivity contribution is 5.75. The van der Waals surface area contributed by atoms with E-state index in [0.717, 1.165) is 19.3 Å². The van der Waals surface area contributed by atoms with Crippen LogP contribution in [0.25, 0.3) is 0 Å². The second kappa shape index (κ2) is 19.6. The first-order valence-electron chi connectivity index (χ1n) is 10.2. The van der Waals surface area contributed by atoms with E-state index in [9.17, 15) is 15.0 Å². The van der Waals surface area contributed by atoms with Crippen molar-refractivity contribution in [1.82, 2.24) is 5.32 Å². The van der Waals surface area contributed by atoms with Crippen LogP contribution in [0.15, 0.2) is 5.16 Å². The predicted molar refractivity (Wildman–Crippen MR) is 109 cm³/mol. The molecule has 0 radical (unpaired) electrons. The van der Waals surface area contributed by atoms with Crippen molar-refractivity contribution < 1.29 is 43.9 Å². The molecule has 0 saturated carbocycles. The molecule has 0 aliphatic carbocycles. The number of oxime groups is 1. The van der Waals surface area contributed by atoms with Crippen LogP contribution in [0.5, 0.6) is 0 Å². The summed E-state index contributed by atoms with van der Waals surface area (Å²) < 4.78 is 21.5. The number of nitrogens with one attached hydrogen (secondary N) is 1. The summed E-state index contributed by atoms with van der Waals surface area (Å²) in [6.07, 6.45) is 1.74. The summed E-state index contributed by atoms with van der Waals surface area (Å²) in [4.78, 5) is 16.2. The lowest BCUT2D eigenvalue weighted by Gasteiger charge is -2.25. The molecule has 0 spiro atoms. The fraction of sp³-hybridized carbons (Fsp3) is 0.895. The van der Waals surface area contributed by atoms with Gasteiger partial charge in [0.25, 0.3) is 0 Å². The van der Waals surface area contributed by atoms with Crippen molar-refractivity contribution in [3.05, 3.63) is 0 Å². The Morgan fingerprint density at radius 3 is 2.37 bits per heavy atom. The Hall–Kier alpha value is -1.34. The molecule has 0 aliphatic rings. The summed E-state index contributed by atoms with van der Waals surface area (Å²) in [6.45, 7) is 1.22. The van der Waals surface area contributed by atoms with E-state index in [2.05, 4.69) is 10.5 Å². The molecule has 11 nitrogen and oxygen atoms in total. The number of carbonyl (C=O) groups is 1. The Balaban J connectivity index is 4.18. The Morgan fingerprint density at radius 2 is 1.80 bits per heavy atom. The van der Waals surface area contributed by atoms with Gasteiger partial charge in [-0.2, -0.15) is 0 Å². The zero-order valence-electron chi connectivity index (χ0n) is 18.2. The van der Waals surface area contributed by atoms with Crippen molar-refractivity contribution in [3.63, 3.8) is 0 Å². The second-order valence-electron chi connectivity index (χ2n) is 6.41. The zero-order chi connectivity index (χ0) is 22.6. The summed E-state index contributed by atoms with van der Waals surface area (Å²) in [5.74, 6) is 0.0203. The van der Waals surface area contributed by atoms with Gasteiger partial charge in [-0.25, -0.2) is 0 Å². The van der Waals surface area contributed by atoms with E-state index in [1.807, 2.05) is 6.92 Å². The highest BCUT2D eigenvalue weighted by atomic mass is 16.7. The van der Waals surface area contributed by atoms with E-state index in [-0.39, 0.29) is 25.7 Å². The maximum atomic E-state index is 11.1. The van der Waals surface area contributed by atoms with Crippen LogP contribution in [0.4, 0.5) is 0 Å². The lowest BCUT2D eigenvalue weighted by Crippen LogP contribution is -2.36. The van der Waals surface area contributed by atoms with Crippen LogP contribution in [0.2, 0.25) is 0 Å². The van der Waals surface area contributed by atoms with Gasteiger partial charge in [0.15, 0.2) is 12.6 Å². The highest BCUT2D eigenvalue weighted by Crippen LogP contribution is 2.07. The van der Waals surface area contributed by atoms with E-state index in [1.165, 1.54) is 13.3 Å². The SMILES string of the molecule is CCC(CO)OC(CO)OCC(CO)OC(/C=N/OCCCCCC(=O)NC)OC. The maximum absolute atomic E-state index is 11.1. The summed E-state index contributed by atoms with van der Waals surface area (Å²) >= 11 is 0. The summed E-state index contributed by atoms with van der Waals surface area (Å²) in [7, 11) is 3.03. The quantitative estimate of drug-likeness (QED) is 0.0875. The van der Waals surface area contributed by atoms with Gasteiger partial charge in [0.05, 0.1) is 38.7 Å². The van der Waals surface area contributed by atoms with Gasteiger partial charge in [0.1, 0.15) is 12.7 Å². The van der Waals surface area contributed by atoms with Crippen LogP contribution in [0.1, 0.15) is 39.0 Å². The third-order valence-electron chi connectivity index (χ3n) is 4.06. The minimum Gasteiger partial charge on any atom is -0.396 e. The Morgan fingerprint density at radius 1 is 1.07 bits per heavy atom. The van der Waals surface area contributed by atoms with E-state index < -0.39 is 31.4 Å². The lowest BCUT2D eigenvalue weighted by molar-refractivity contribution is -0.220. The lowest BCUT2D eigenvalue weighted by atomic mass is 10.2. The molecular formula is C19H38N2O9. The van der Waals surface area contributed by atoms with E-state index in [1.54, 1.807) is 7.05 Å². The molecule has 0 rings (SSSR count). The van der Waals surface area contributed by atoms with Gasteiger partial charge in [0.2, 0.25) is 5.91 Å². The third-order valence-corrected chi connectivity index (χ3v) is 4.06. The fourth-order valence-electron chi connectivity index (χ4n) is 2.21. The molecule has 0 saturated heterocycles. The molecule has 1 amide bonds. The van der Waals surface area contributed by atoms with Gasteiger partial charge in [-0.3, -0.25) is 4.79 Å². The van der Waals surface area contributed by atoms with Gasteiger partial charge in [-0.05, 0) is 25.7 Å². The molecule has 4 N–H and O–H groups in total. The number of unbranched alkanes of at least 4 members (excludes halogenated alkanes) is 2. The smallest absolute Gasteiger partial charge is 0.219 e. The molecule has 0 fully saturated rings. The molecule has 0 aromatic rings. The van der Waals surface area contributed by atoms with Crippen molar-refractivity contribution in [3.8, 4) is 0 Å². The molecule has 30 heavy (non-hydrogen) atoms. The Labute approximate surface area is 178 Å². The summed E-state index contributed by atoms with van der Waals surface area (Å²) in [6, 6.07) is 0. The Bertz CT molecular complexity index is 436. The molecule has 4 atom stereocenters. The van der Waals surface area contributed by atoms with Crippen LogP contribution < -0.4 is 5.32 Å². The minimum atomic E-state index is -0.943. The van der Waals surface area contributed by atoms with E-state index >= 15 is 0 Å². The molecule has 4 unspecified atom stereocenters. The van der Waals surface area contributed by atoms with Gasteiger partial charge >= 0.3 is 0 Å². The van der Waals surface area contributed by atoms with Gasteiger partial charge in [0, 0.05) is 20.6 Å². The van der Waals surface area contributed by atoms with Gasteiger partial charge < -0.3 is 44.4 Å². The Kier molecular flexibility index (Phi) is 18.7. The first-order valence-corrected chi connectivity index (χ1v) is 10.2. The maximum Gasteiger partial charge on any atom is 0.219 e. The number of carbonyl (C=O) groups excluding carboxylic acids is 1. The number of amides is 1. The van der Waals surface area contributed by atoms with Crippen LogP contribution in [-0.2, 0) is 28.6 Å². The normalized spacial score (nSPS) is 15.7. The van der Waals surface area contributed by atoms with Crippen molar-refractivity contribution in [2.24, 2.45) is 5.16 Å². The molecule has 0 aromatic carbocycles. The number of nitrogens with zero attached hydrogens (tertiary/aromatic N) is 1. The largest absolute Gasteiger partial charge is 0.396 e. The summed E-state index contributed by atoms with van der Waals surface area (Å²) in [5.41, 5.74) is 0. The molecule has 178 valence electrons. The molecule has 0 aliphatic heterocycles. The monoisotopic (exact) mass is 438 g/mol. The minimum absolute atomic E-state index is 0.0203. The zero-order valence-corrected chi connectivity index (χ0v) is 18.2. The average Bonchev–Trinajstić information content (AvgIpc) is 2.78.